The summed E-state index contributed by atoms with van der Waals surface area (Å²) in [5, 5.41) is 0. The second kappa shape index (κ2) is 4.91. The second-order valence-corrected chi connectivity index (χ2v) is 5.37. The normalized spacial score (nSPS) is 18.9. The quantitative estimate of drug-likeness (QED) is 0.854. The van der Waals surface area contributed by atoms with E-state index >= 15 is 0 Å². The third-order valence-electron chi connectivity index (χ3n) is 3.96. The minimum absolute atomic E-state index is 0.112. The zero-order chi connectivity index (χ0) is 12.3. The molecule has 1 aromatic rings. The summed E-state index contributed by atoms with van der Waals surface area (Å²) < 4.78 is 0. The van der Waals surface area contributed by atoms with Crippen LogP contribution in [0.25, 0.3) is 0 Å². The Morgan fingerprint density at radius 2 is 2.00 bits per heavy atom. The summed E-state index contributed by atoms with van der Waals surface area (Å²) in [6, 6.07) is 8.41. The molecule has 0 spiro atoms. The Labute approximate surface area is 103 Å². The lowest BCUT2D eigenvalue weighted by atomic mass is 9.70. The van der Waals surface area contributed by atoms with Crippen LogP contribution >= 0.6 is 0 Å². The van der Waals surface area contributed by atoms with E-state index in [0.29, 0.717) is 0 Å². The first-order valence-corrected chi connectivity index (χ1v) is 6.48. The number of carbonyl (C=O) groups excluding carboxylic acids is 1. The average molecular weight is 231 g/mol. The highest BCUT2D eigenvalue weighted by Gasteiger charge is 2.37. The van der Waals surface area contributed by atoms with Crippen LogP contribution in [-0.4, -0.2) is 5.91 Å². The molecule has 0 aliphatic heterocycles. The summed E-state index contributed by atoms with van der Waals surface area (Å²) in [4.78, 5) is 11.8. The third-order valence-corrected chi connectivity index (χ3v) is 3.96. The van der Waals surface area contributed by atoms with Gasteiger partial charge in [0, 0.05) is 0 Å². The molecule has 1 fully saturated rings. The molecule has 1 saturated carbocycles. The fraction of sp³-hybridized carbons (Fsp3) is 0.533. The zero-order valence-electron chi connectivity index (χ0n) is 10.5. The van der Waals surface area contributed by atoms with Gasteiger partial charge in [0.25, 0.3) is 0 Å². The predicted molar refractivity (Wildman–Crippen MR) is 69.6 cm³/mol. The van der Waals surface area contributed by atoms with Crippen LogP contribution in [0, 0.1) is 12.3 Å². The predicted octanol–water partition coefficient (Wildman–Crippen LogP) is 2.97. The van der Waals surface area contributed by atoms with E-state index in [0.717, 1.165) is 32.1 Å². The lowest BCUT2D eigenvalue weighted by Gasteiger charge is -2.34. The van der Waals surface area contributed by atoms with Gasteiger partial charge in [-0.1, -0.05) is 49.1 Å². The van der Waals surface area contributed by atoms with Crippen molar-refractivity contribution in [3.8, 4) is 0 Å². The van der Waals surface area contributed by atoms with E-state index in [1.54, 1.807) is 0 Å². The smallest absolute Gasteiger partial charge is 0.223 e. The Balaban J connectivity index is 2.20. The van der Waals surface area contributed by atoms with Crippen molar-refractivity contribution in [1.29, 1.82) is 0 Å². The van der Waals surface area contributed by atoms with Gasteiger partial charge in [-0.05, 0) is 31.7 Å². The monoisotopic (exact) mass is 231 g/mol. The maximum absolute atomic E-state index is 11.8. The van der Waals surface area contributed by atoms with E-state index in [9.17, 15) is 4.79 Å². The lowest BCUT2D eigenvalue weighted by molar-refractivity contribution is -0.129. The highest BCUT2D eigenvalue weighted by molar-refractivity contribution is 5.81. The number of hydrogen-bond acceptors (Lipinski definition) is 1. The molecule has 0 saturated heterocycles. The van der Waals surface area contributed by atoms with E-state index < -0.39 is 0 Å². The number of hydrogen-bond donors (Lipinski definition) is 1. The molecule has 1 amide bonds. The topological polar surface area (TPSA) is 43.1 Å². The summed E-state index contributed by atoms with van der Waals surface area (Å²) >= 11 is 0. The molecular weight excluding hydrogens is 210 g/mol. The Morgan fingerprint density at radius 3 is 2.59 bits per heavy atom. The lowest BCUT2D eigenvalue weighted by Crippen LogP contribution is -2.40. The molecule has 92 valence electrons. The van der Waals surface area contributed by atoms with Crippen LogP contribution in [-0.2, 0) is 11.2 Å². The van der Waals surface area contributed by atoms with Gasteiger partial charge in [-0.25, -0.2) is 0 Å². The number of carbonyl (C=O) groups is 1. The number of benzene rings is 1. The molecule has 0 unspecified atom stereocenters. The van der Waals surface area contributed by atoms with Crippen LogP contribution < -0.4 is 5.73 Å². The van der Waals surface area contributed by atoms with Gasteiger partial charge in [0.2, 0.25) is 5.91 Å². The average Bonchev–Trinajstić information content (AvgIpc) is 2.30. The molecule has 17 heavy (non-hydrogen) atoms. The third kappa shape index (κ3) is 2.68. The van der Waals surface area contributed by atoms with Gasteiger partial charge in [0.15, 0.2) is 0 Å². The van der Waals surface area contributed by atoms with Crippen molar-refractivity contribution in [2.24, 2.45) is 11.1 Å². The largest absolute Gasteiger partial charge is 0.369 e. The van der Waals surface area contributed by atoms with Crippen molar-refractivity contribution in [2.45, 2.75) is 45.4 Å². The Morgan fingerprint density at radius 1 is 1.29 bits per heavy atom. The molecule has 2 rings (SSSR count). The first-order valence-electron chi connectivity index (χ1n) is 6.48. The minimum atomic E-state index is -0.286. The minimum Gasteiger partial charge on any atom is -0.369 e. The summed E-state index contributed by atoms with van der Waals surface area (Å²) in [5.41, 5.74) is 7.85. The molecule has 0 bridgehead atoms. The molecule has 1 aromatic carbocycles. The van der Waals surface area contributed by atoms with Gasteiger partial charge in [-0.3, -0.25) is 4.79 Å². The SMILES string of the molecule is Cc1cccc(CC2(C(N)=O)CCCCC2)c1. The van der Waals surface area contributed by atoms with Crippen molar-refractivity contribution in [1.82, 2.24) is 0 Å². The molecule has 0 radical (unpaired) electrons. The van der Waals surface area contributed by atoms with Crippen LogP contribution in [0.15, 0.2) is 24.3 Å². The van der Waals surface area contributed by atoms with Gasteiger partial charge in [0.05, 0.1) is 5.41 Å². The van der Waals surface area contributed by atoms with Crippen molar-refractivity contribution in [2.75, 3.05) is 0 Å². The van der Waals surface area contributed by atoms with E-state index in [2.05, 4.69) is 31.2 Å². The summed E-state index contributed by atoms with van der Waals surface area (Å²) in [7, 11) is 0. The molecule has 1 aliphatic carbocycles. The Bertz CT molecular complexity index is 405. The Hall–Kier alpha value is -1.31. The van der Waals surface area contributed by atoms with Crippen molar-refractivity contribution in [3.63, 3.8) is 0 Å². The molecular formula is C15H21NO. The number of rotatable bonds is 3. The van der Waals surface area contributed by atoms with Crippen molar-refractivity contribution >= 4 is 5.91 Å². The van der Waals surface area contributed by atoms with Crippen molar-refractivity contribution in [3.05, 3.63) is 35.4 Å². The molecule has 0 atom stereocenters. The highest BCUT2D eigenvalue weighted by Crippen LogP contribution is 2.39. The van der Waals surface area contributed by atoms with Crippen LogP contribution in [0.5, 0.6) is 0 Å². The molecule has 2 heteroatoms. The second-order valence-electron chi connectivity index (χ2n) is 5.37. The van der Waals surface area contributed by atoms with E-state index in [1.807, 2.05) is 0 Å². The van der Waals surface area contributed by atoms with Crippen LogP contribution in [0.4, 0.5) is 0 Å². The first kappa shape index (κ1) is 12.2. The molecule has 1 aliphatic rings. The molecule has 0 heterocycles. The fourth-order valence-electron chi connectivity index (χ4n) is 2.95. The van der Waals surface area contributed by atoms with Crippen molar-refractivity contribution < 1.29 is 4.79 Å². The van der Waals surface area contributed by atoms with Gasteiger partial charge < -0.3 is 5.73 Å². The number of amides is 1. The summed E-state index contributed by atoms with van der Waals surface area (Å²) in [6.45, 7) is 2.08. The van der Waals surface area contributed by atoms with Crippen LogP contribution in [0.1, 0.15) is 43.2 Å². The summed E-state index contributed by atoms with van der Waals surface area (Å²) in [5.74, 6) is -0.112. The summed E-state index contributed by atoms with van der Waals surface area (Å²) in [6.07, 6.45) is 6.23. The maximum Gasteiger partial charge on any atom is 0.223 e. The van der Waals surface area contributed by atoms with E-state index in [-0.39, 0.29) is 11.3 Å². The van der Waals surface area contributed by atoms with Crippen LogP contribution in [0.3, 0.4) is 0 Å². The zero-order valence-corrected chi connectivity index (χ0v) is 10.5. The molecule has 2 N–H and O–H groups in total. The Kier molecular flexibility index (Phi) is 3.51. The van der Waals surface area contributed by atoms with E-state index in [4.69, 9.17) is 5.73 Å². The maximum atomic E-state index is 11.8. The van der Waals surface area contributed by atoms with Gasteiger partial charge in [0.1, 0.15) is 0 Å². The van der Waals surface area contributed by atoms with Gasteiger partial charge >= 0.3 is 0 Å². The highest BCUT2D eigenvalue weighted by atomic mass is 16.1. The van der Waals surface area contributed by atoms with Gasteiger partial charge in [-0.15, -0.1) is 0 Å². The molecule has 0 aromatic heterocycles. The molecule has 2 nitrogen and oxygen atoms in total. The van der Waals surface area contributed by atoms with Crippen LogP contribution in [0.2, 0.25) is 0 Å². The van der Waals surface area contributed by atoms with E-state index in [1.165, 1.54) is 17.5 Å². The number of nitrogens with two attached hydrogens (primary N) is 1. The standard InChI is InChI=1S/C15H21NO/c1-12-6-5-7-13(10-12)11-15(14(16)17)8-3-2-4-9-15/h5-7,10H,2-4,8-9,11H2,1H3,(H2,16,17). The van der Waals surface area contributed by atoms with Gasteiger partial charge in [-0.2, -0.15) is 0 Å². The fourth-order valence-corrected chi connectivity index (χ4v) is 2.95. The first-order chi connectivity index (χ1) is 8.12. The number of primary amides is 1. The number of aryl methyl sites for hydroxylation is 1.